The largest absolute Gasteiger partial charge is 0.468 e. The van der Waals surface area contributed by atoms with E-state index in [4.69, 9.17) is 17.3 Å². The van der Waals surface area contributed by atoms with E-state index in [2.05, 4.69) is 9.72 Å². The van der Waals surface area contributed by atoms with Crippen molar-refractivity contribution in [1.82, 2.24) is 4.98 Å². The van der Waals surface area contributed by atoms with Crippen molar-refractivity contribution in [3.8, 4) is 0 Å². The monoisotopic (exact) mass is 286 g/mol. The third-order valence-electron chi connectivity index (χ3n) is 1.72. The van der Waals surface area contributed by atoms with Crippen LogP contribution in [-0.2, 0) is 16.0 Å². The zero-order chi connectivity index (χ0) is 10.6. The average molecular weight is 288 g/mol. The van der Waals surface area contributed by atoms with Crippen LogP contribution in [0.15, 0.2) is 18.5 Å². The fraction of sp³-hybridized carbons (Fsp3) is 0.333. The minimum atomic E-state index is -0.666. The highest BCUT2D eigenvalue weighted by Crippen LogP contribution is 2.09. The molecule has 0 aliphatic rings. The van der Waals surface area contributed by atoms with Gasteiger partial charge >= 0.3 is 5.97 Å². The van der Waals surface area contributed by atoms with Crippen LogP contribution >= 0.6 is 36.4 Å². The second kappa shape index (κ2) is 8.58. The van der Waals surface area contributed by atoms with Crippen LogP contribution < -0.4 is 5.73 Å². The SMILES string of the molecule is COC(=O)C(N)Cc1cncc(Cl)c1.Cl.Cl. The molecule has 0 radical (unpaired) electrons. The number of methoxy groups -OCH3 is 1. The van der Waals surface area contributed by atoms with E-state index in [1.807, 2.05) is 0 Å². The predicted octanol–water partition coefficient (Wildman–Crippen LogP) is 1.62. The molecule has 1 atom stereocenters. The summed E-state index contributed by atoms with van der Waals surface area (Å²) < 4.78 is 4.50. The maximum atomic E-state index is 11.0. The van der Waals surface area contributed by atoms with Crippen LogP contribution in [0.25, 0.3) is 0 Å². The molecule has 0 spiro atoms. The third-order valence-corrected chi connectivity index (χ3v) is 1.93. The molecule has 0 saturated heterocycles. The molecule has 7 heteroatoms. The molecule has 1 heterocycles. The molecule has 0 bridgehead atoms. The third kappa shape index (κ3) is 5.51. The van der Waals surface area contributed by atoms with Crippen LogP contribution in [0.4, 0.5) is 0 Å². The summed E-state index contributed by atoms with van der Waals surface area (Å²) in [6, 6.07) is 1.05. The molecule has 0 aliphatic carbocycles. The summed E-state index contributed by atoms with van der Waals surface area (Å²) in [5.74, 6) is -0.440. The highest BCUT2D eigenvalue weighted by atomic mass is 35.5. The summed E-state index contributed by atoms with van der Waals surface area (Å²) in [6.45, 7) is 0. The van der Waals surface area contributed by atoms with Crippen molar-refractivity contribution in [3.05, 3.63) is 29.0 Å². The van der Waals surface area contributed by atoms with Crippen LogP contribution in [-0.4, -0.2) is 24.1 Å². The van der Waals surface area contributed by atoms with Gasteiger partial charge in [-0.1, -0.05) is 11.6 Å². The van der Waals surface area contributed by atoms with E-state index >= 15 is 0 Å². The van der Waals surface area contributed by atoms with Crippen LogP contribution in [0.1, 0.15) is 5.56 Å². The van der Waals surface area contributed by atoms with Gasteiger partial charge in [-0.2, -0.15) is 0 Å². The highest BCUT2D eigenvalue weighted by Gasteiger charge is 2.14. The van der Waals surface area contributed by atoms with Gasteiger partial charge in [0.1, 0.15) is 6.04 Å². The summed E-state index contributed by atoms with van der Waals surface area (Å²) in [7, 11) is 1.30. The summed E-state index contributed by atoms with van der Waals surface area (Å²) >= 11 is 5.72. The lowest BCUT2D eigenvalue weighted by Crippen LogP contribution is -2.33. The molecule has 1 rings (SSSR count). The van der Waals surface area contributed by atoms with Gasteiger partial charge in [0, 0.05) is 12.4 Å². The molecule has 0 saturated carbocycles. The van der Waals surface area contributed by atoms with Crippen molar-refractivity contribution in [2.24, 2.45) is 5.73 Å². The Morgan fingerprint density at radius 2 is 2.19 bits per heavy atom. The summed E-state index contributed by atoms with van der Waals surface area (Å²) in [6.07, 6.45) is 3.52. The summed E-state index contributed by atoms with van der Waals surface area (Å²) in [5.41, 5.74) is 6.38. The van der Waals surface area contributed by atoms with E-state index in [0.717, 1.165) is 5.56 Å². The number of hydrogen-bond acceptors (Lipinski definition) is 4. The maximum Gasteiger partial charge on any atom is 0.322 e. The van der Waals surface area contributed by atoms with Crippen LogP contribution in [0.3, 0.4) is 0 Å². The van der Waals surface area contributed by atoms with Crippen molar-refractivity contribution < 1.29 is 9.53 Å². The quantitative estimate of drug-likeness (QED) is 0.858. The molecule has 4 nitrogen and oxygen atoms in total. The number of ether oxygens (including phenoxy) is 1. The second-order valence-electron chi connectivity index (χ2n) is 2.85. The molecular weight excluding hydrogens is 274 g/mol. The Hall–Kier alpha value is -0.550. The lowest BCUT2D eigenvalue weighted by atomic mass is 10.1. The van der Waals surface area contributed by atoms with E-state index in [1.54, 1.807) is 12.3 Å². The number of pyridine rings is 1. The molecule has 0 aromatic carbocycles. The van der Waals surface area contributed by atoms with Crippen molar-refractivity contribution >= 4 is 42.4 Å². The Morgan fingerprint density at radius 1 is 1.56 bits per heavy atom. The first-order valence-corrected chi connectivity index (χ1v) is 4.44. The fourth-order valence-electron chi connectivity index (χ4n) is 1.06. The van der Waals surface area contributed by atoms with Crippen LogP contribution in [0.2, 0.25) is 5.02 Å². The Kier molecular flexibility index (Phi) is 9.57. The molecule has 0 aliphatic heterocycles. The fourth-order valence-corrected chi connectivity index (χ4v) is 1.25. The predicted molar refractivity (Wildman–Crippen MR) is 67.4 cm³/mol. The zero-order valence-electron chi connectivity index (χ0n) is 8.55. The lowest BCUT2D eigenvalue weighted by Gasteiger charge is -2.08. The Bertz CT molecular complexity index is 336. The van der Waals surface area contributed by atoms with Crippen LogP contribution in [0, 0.1) is 0 Å². The zero-order valence-corrected chi connectivity index (χ0v) is 10.9. The second-order valence-corrected chi connectivity index (χ2v) is 3.28. The molecule has 1 aromatic rings. The van der Waals surface area contributed by atoms with Gasteiger partial charge in [-0.25, -0.2) is 0 Å². The van der Waals surface area contributed by atoms with Gasteiger partial charge in [0.15, 0.2) is 0 Å². The molecule has 1 aromatic heterocycles. The van der Waals surface area contributed by atoms with E-state index < -0.39 is 12.0 Å². The normalized spacial score (nSPS) is 10.7. The van der Waals surface area contributed by atoms with Crippen LogP contribution in [0.5, 0.6) is 0 Å². The van der Waals surface area contributed by atoms with Gasteiger partial charge < -0.3 is 10.5 Å². The minimum absolute atomic E-state index is 0. The molecule has 1 unspecified atom stereocenters. The molecule has 0 fully saturated rings. The first-order chi connectivity index (χ1) is 6.63. The minimum Gasteiger partial charge on any atom is -0.468 e. The van der Waals surface area contributed by atoms with Gasteiger partial charge in [-0.3, -0.25) is 9.78 Å². The van der Waals surface area contributed by atoms with Gasteiger partial charge in [-0.15, -0.1) is 24.8 Å². The van der Waals surface area contributed by atoms with Gasteiger partial charge in [0.05, 0.1) is 12.1 Å². The molecule has 16 heavy (non-hydrogen) atoms. The average Bonchev–Trinajstić information content (AvgIpc) is 2.16. The lowest BCUT2D eigenvalue weighted by molar-refractivity contribution is -0.142. The van der Waals surface area contributed by atoms with Gasteiger partial charge in [0.25, 0.3) is 0 Å². The number of aromatic nitrogens is 1. The Morgan fingerprint density at radius 3 is 2.69 bits per heavy atom. The van der Waals surface area contributed by atoms with E-state index in [0.29, 0.717) is 11.4 Å². The van der Waals surface area contributed by atoms with Gasteiger partial charge in [0.2, 0.25) is 0 Å². The molecule has 92 valence electrons. The molecular formula is C9H13Cl3N2O2. The van der Waals surface area contributed by atoms with E-state index in [1.165, 1.54) is 13.3 Å². The first kappa shape index (κ1) is 17.8. The number of carbonyl (C=O) groups is 1. The molecule has 0 amide bonds. The van der Waals surface area contributed by atoms with Crippen molar-refractivity contribution in [2.45, 2.75) is 12.5 Å². The Balaban J connectivity index is 0. The van der Waals surface area contributed by atoms with E-state index in [9.17, 15) is 4.79 Å². The number of carbonyl (C=O) groups excluding carboxylic acids is 1. The smallest absolute Gasteiger partial charge is 0.322 e. The number of nitrogens with zero attached hydrogens (tertiary/aromatic N) is 1. The summed E-state index contributed by atoms with van der Waals surface area (Å²) in [4.78, 5) is 14.9. The number of hydrogen-bond donors (Lipinski definition) is 1. The van der Waals surface area contributed by atoms with Crippen molar-refractivity contribution in [2.75, 3.05) is 7.11 Å². The number of nitrogens with two attached hydrogens (primary N) is 1. The van der Waals surface area contributed by atoms with E-state index in [-0.39, 0.29) is 24.8 Å². The van der Waals surface area contributed by atoms with Crippen molar-refractivity contribution in [1.29, 1.82) is 0 Å². The Labute approximate surface area is 111 Å². The number of rotatable bonds is 3. The first-order valence-electron chi connectivity index (χ1n) is 4.06. The topological polar surface area (TPSA) is 65.2 Å². The van der Waals surface area contributed by atoms with Crippen molar-refractivity contribution in [3.63, 3.8) is 0 Å². The summed E-state index contributed by atoms with van der Waals surface area (Å²) in [5, 5.41) is 0.527. The number of halogens is 3. The number of esters is 1. The molecule has 2 N–H and O–H groups in total. The van der Waals surface area contributed by atoms with Gasteiger partial charge in [-0.05, 0) is 18.1 Å². The highest BCUT2D eigenvalue weighted by molar-refractivity contribution is 6.30. The standard InChI is InChI=1S/C9H11ClN2O2.2ClH/c1-14-9(13)8(11)3-6-2-7(10)5-12-4-6;;/h2,4-5,8H,3,11H2,1H3;2*1H. The maximum absolute atomic E-state index is 11.0.